The molecule has 0 aromatic rings. The smallest absolute Gasteiger partial charge is 0.0533 e. The molecule has 0 radical (unpaired) electrons. The molecule has 0 fully saturated rings. The maximum atomic E-state index is 2.30. The van der Waals surface area contributed by atoms with E-state index in [4.69, 9.17) is 0 Å². The minimum atomic E-state index is 1.37. The van der Waals surface area contributed by atoms with Gasteiger partial charge in [-0.3, -0.25) is 0 Å². The summed E-state index contributed by atoms with van der Waals surface area (Å²) in [6.07, 6.45) is 24.9. The number of unbranched alkanes of at least 4 members (excludes halogenated alkanes) is 16. The molecular formula is C21H46. The Labute approximate surface area is 137 Å². The van der Waals surface area contributed by atoms with Crippen LogP contribution in [0.25, 0.3) is 0 Å². The highest BCUT2D eigenvalue weighted by Gasteiger charge is 1.94. The average Bonchev–Trinajstić information content (AvgIpc) is 2.53. The fourth-order valence-electron chi connectivity index (χ4n) is 2.80. The van der Waals surface area contributed by atoms with E-state index in [0.29, 0.717) is 0 Å². The van der Waals surface area contributed by atoms with Crippen molar-refractivity contribution >= 4 is 0 Å². The molecule has 0 amide bonds. The predicted molar refractivity (Wildman–Crippen MR) is 101 cm³/mol. The third kappa shape index (κ3) is 25.3. The quantitative estimate of drug-likeness (QED) is 0.250. The molecule has 0 heteroatoms. The van der Waals surface area contributed by atoms with E-state index in [0.717, 1.165) is 0 Å². The molecule has 0 rings (SSSR count). The molecular weight excluding hydrogens is 252 g/mol. The highest BCUT2D eigenvalue weighted by molar-refractivity contribution is 4.49. The Bertz CT molecular complexity index is 123. The monoisotopic (exact) mass is 298 g/mol. The van der Waals surface area contributed by atoms with Crippen molar-refractivity contribution in [2.75, 3.05) is 0 Å². The lowest BCUT2D eigenvalue weighted by molar-refractivity contribution is 0.529. The van der Waals surface area contributed by atoms with Crippen molar-refractivity contribution in [3.8, 4) is 0 Å². The minimum absolute atomic E-state index is 1.37. The fraction of sp³-hybridized carbons (Fsp3) is 1.00. The van der Waals surface area contributed by atoms with Gasteiger partial charge in [0.1, 0.15) is 0 Å². The average molecular weight is 299 g/mol. The first-order chi connectivity index (χ1) is 10.4. The van der Waals surface area contributed by atoms with Gasteiger partial charge < -0.3 is 0 Å². The minimum Gasteiger partial charge on any atom is -0.0683 e. The van der Waals surface area contributed by atoms with Crippen molar-refractivity contribution in [3.63, 3.8) is 0 Å². The Balaban J connectivity index is 0. The van der Waals surface area contributed by atoms with Gasteiger partial charge >= 0.3 is 0 Å². The van der Waals surface area contributed by atoms with Gasteiger partial charge in [-0.05, 0) is 0 Å². The molecule has 0 unspecified atom stereocenters. The largest absolute Gasteiger partial charge is 0.0683 e. The van der Waals surface area contributed by atoms with E-state index in [1.165, 1.54) is 109 Å². The van der Waals surface area contributed by atoms with Crippen LogP contribution in [0, 0.1) is 0 Å². The van der Waals surface area contributed by atoms with Gasteiger partial charge in [-0.25, -0.2) is 0 Å². The summed E-state index contributed by atoms with van der Waals surface area (Å²) in [4.78, 5) is 0. The summed E-state index contributed by atoms with van der Waals surface area (Å²) in [5, 5.41) is 0. The Morgan fingerprint density at radius 2 is 0.429 bits per heavy atom. The SMILES string of the molecule is CC.CCCCCCCCCCCCCCCCCCC. The molecule has 0 aliphatic heterocycles. The number of hydrogen-bond donors (Lipinski definition) is 0. The molecule has 0 bridgehead atoms. The lowest BCUT2D eigenvalue weighted by Crippen LogP contribution is -1.83. The normalized spacial score (nSPS) is 10.3. The summed E-state index contributed by atoms with van der Waals surface area (Å²) in [6, 6.07) is 0. The molecule has 0 nitrogen and oxygen atoms in total. The van der Waals surface area contributed by atoms with Crippen LogP contribution in [-0.4, -0.2) is 0 Å². The first kappa shape index (κ1) is 23.3. The molecule has 0 aliphatic rings. The van der Waals surface area contributed by atoms with E-state index < -0.39 is 0 Å². The van der Waals surface area contributed by atoms with E-state index in [1.807, 2.05) is 13.8 Å². The third-order valence-electron chi connectivity index (χ3n) is 4.21. The lowest BCUT2D eigenvalue weighted by atomic mass is 10.0. The highest BCUT2D eigenvalue weighted by Crippen LogP contribution is 2.13. The van der Waals surface area contributed by atoms with Crippen LogP contribution in [0.1, 0.15) is 137 Å². The van der Waals surface area contributed by atoms with Crippen molar-refractivity contribution in [2.45, 2.75) is 137 Å². The van der Waals surface area contributed by atoms with Gasteiger partial charge in [-0.15, -0.1) is 0 Å². The topological polar surface area (TPSA) is 0 Å². The van der Waals surface area contributed by atoms with Gasteiger partial charge in [0, 0.05) is 0 Å². The molecule has 21 heavy (non-hydrogen) atoms. The van der Waals surface area contributed by atoms with Crippen LogP contribution in [0.4, 0.5) is 0 Å². The predicted octanol–water partition coefficient (Wildman–Crippen LogP) is 8.68. The first-order valence-corrected chi connectivity index (χ1v) is 10.4. The van der Waals surface area contributed by atoms with Crippen molar-refractivity contribution < 1.29 is 0 Å². The second-order valence-electron chi connectivity index (χ2n) is 6.30. The second kappa shape index (κ2) is 25.0. The molecule has 0 aliphatic carbocycles. The van der Waals surface area contributed by atoms with Crippen molar-refractivity contribution in [1.29, 1.82) is 0 Å². The molecule has 130 valence electrons. The van der Waals surface area contributed by atoms with Gasteiger partial charge in [0.15, 0.2) is 0 Å². The number of rotatable bonds is 16. The molecule has 0 heterocycles. The Morgan fingerprint density at radius 1 is 0.286 bits per heavy atom. The van der Waals surface area contributed by atoms with E-state index in [-0.39, 0.29) is 0 Å². The zero-order valence-corrected chi connectivity index (χ0v) is 16.0. The van der Waals surface area contributed by atoms with E-state index >= 15 is 0 Å². The summed E-state index contributed by atoms with van der Waals surface area (Å²) >= 11 is 0. The third-order valence-corrected chi connectivity index (χ3v) is 4.21. The lowest BCUT2D eigenvalue weighted by Gasteiger charge is -2.03. The zero-order valence-electron chi connectivity index (χ0n) is 16.0. The molecule has 0 aromatic carbocycles. The van der Waals surface area contributed by atoms with Gasteiger partial charge in [0.2, 0.25) is 0 Å². The Morgan fingerprint density at radius 3 is 0.571 bits per heavy atom. The highest BCUT2D eigenvalue weighted by atomic mass is 14.0. The van der Waals surface area contributed by atoms with Crippen LogP contribution >= 0.6 is 0 Å². The van der Waals surface area contributed by atoms with Crippen LogP contribution in [0.3, 0.4) is 0 Å². The second-order valence-corrected chi connectivity index (χ2v) is 6.30. The maximum absolute atomic E-state index is 2.30. The summed E-state index contributed by atoms with van der Waals surface area (Å²) in [7, 11) is 0. The summed E-state index contributed by atoms with van der Waals surface area (Å²) in [5.41, 5.74) is 0. The summed E-state index contributed by atoms with van der Waals surface area (Å²) < 4.78 is 0. The maximum Gasteiger partial charge on any atom is -0.0533 e. The van der Waals surface area contributed by atoms with Crippen LogP contribution in [-0.2, 0) is 0 Å². The van der Waals surface area contributed by atoms with Crippen LogP contribution < -0.4 is 0 Å². The molecule has 0 N–H and O–H groups in total. The molecule has 0 aromatic heterocycles. The van der Waals surface area contributed by atoms with Gasteiger partial charge in [0.25, 0.3) is 0 Å². The van der Waals surface area contributed by atoms with Crippen molar-refractivity contribution in [1.82, 2.24) is 0 Å². The van der Waals surface area contributed by atoms with Gasteiger partial charge in [-0.1, -0.05) is 137 Å². The molecule has 0 atom stereocenters. The van der Waals surface area contributed by atoms with E-state index in [9.17, 15) is 0 Å². The van der Waals surface area contributed by atoms with Crippen molar-refractivity contribution in [2.24, 2.45) is 0 Å². The number of hydrogen-bond acceptors (Lipinski definition) is 0. The molecule has 0 spiro atoms. The molecule has 0 saturated carbocycles. The van der Waals surface area contributed by atoms with E-state index in [2.05, 4.69) is 13.8 Å². The van der Waals surface area contributed by atoms with Crippen molar-refractivity contribution in [3.05, 3.63) is 0 Å². The van der Waals surface area contributed by atoms with Crippen LogP contribution in [0.15, 0.2) is 0 Å². The van der Waals surface area contributed by atoms with Crippen LogP contribution in [0.2, 0.25) is 0 Å². The van der Waals surface area contributed by atoms with Crippen LogP contribution in [0.5, 0.6) is 0 Å². The first-order valence-electron chi connectivity index (χ1n) is 10.4. The van der Waals surface area contributed by atoms with Gasteiger partial charge in [0.05, 0.1) is 0 Å². The van der Waals surface area contributed by atoms with E-state index in [1.54, 1.807) is 0 Å². The Kier molecular flexibility index (Phi) is 27.7. The summed E-state index contributed by atoms with van der Waals surface area (Å²) in [6.45, 7) is 8.59. The Hall–Kier alpha value is 0. The fourth-order valence-corrected chi connectivity index (χ4v) is 2.80. The standard InChI is InChI=1S/C19H40.C2H6/c1-3-5-7-9-11-13-15-17-19-18-16-14-12-10-8-6-4-2;1-2/h3-19H2,1-2H3;1-2H3. The summed E-state index contributed by atoms with van der Waals surface area (Å²) in [5.74, 6) is 0. The zero-order chi connectivity index (χ0) is 16.0. The molecule has 0 saturated heterocycles. The van der Waals surface area contributed by atoms with Gasteiger partial charge in [-0.2, -0.15) is 0 Å².